The van der Waals surface area contributed by atoms with Crippen molar-refractivity contribution in [3.05, 3.63) is 64.1 Å². The molecule has 0 N–H and O–H groups in total. The molecular formula is C17H17N5OS. The number of rotatable bonds is 3. The van der Waals surface area contributed by atoms with Gasteiger partial charge in [0, 0.05) is 11.9 Å². The van der Waals surface area contributed by atoms with Gasteiger partial charge in [0.15, 0.2) is 5.82 Å². The van der Waals surface area contributed by atoms with Crippen molar-refractivity contribution in [3.63, 3.8) is 0 Å². The van der Waals surface area contributed by atoms with Crippen LogP contribution in [0.25, 0.3) is 0 Å². The average Bonchev–Trinajstić information content (AvgIpc) is 3.25. The molecule has 0 saturated heterocycles. The minimum atomic E-state index is -0.0405. The topological polar surface area (TPSA) is 63.9 Å². The summed E-state index contributed by atoms with van der Waals surface area (Å²) >= 11 is 1.43. The van der Waals surface area contributed by atoms with E-state index in [9.17, 15) is 4.79 Å². The number of hydrogen-bond donors (Lipinski definition) is 0. The number of carbonyl (C=O) groups excluding carboxylic acids is 1. The number of aryl methyl sites for hydroxylation is 1. The van der Waals surface area contributed by atoms with Gasteiger partial charge in [-0.2, -0.15) is 0 Å². The molecule has 0 spiro atoms. The lowest BCUT2D eigenvalue weighted by Crippen LogP contribution is -2.42. The zero-order chi connectivity index (χ0) is 16.5. The molecule has 2 aromatic heterocycles. The molecule has 3 heterocycles. The van der Waals surface area contributed by atoms with E-state index in [1.54, 1.807) is 10.9 Å². The van der Waals surface area contributed by atoms with Gasteiger partial charge in [-0.05, 0) is 18.9 Å². The van der Waals surface area contributed by atoms with Crippen LogP contribution in [0, 0.1) is 6.92 Å². The van der Waals surface area contributed by atoms with Gasteiger partial charge in [0.1, 0.15) is 11.5 Å². The monoisotopic (exact) mass is 339 g/mol. The summed E-state index contributed by atoms with van der Waals surface area (Å²) in [6, 6.07) is 10.4. The first-order chi connectivity index (χ1) is 11.7. The van der Waals surface area contributed by atoms with Crippen LogP contribution in [-0.4, -0.2) is 37.1 Å². The third-order valence-electron chi connectivity index (χ3n) is 4.32. The number of fused-ring (bicyclic) bond motifs is 1. The molecule has 24 heavy (non-hydrogen) atoms. The molecule has 0 radical (unpaired) electrons. The largest absolute Gasteiger partial charge is 0.328 e. The third kappa shape index (κ3) is 2.71. The molecule has 0 fully saturated rings. The molecule has 0 unspecified atom stereocenters. The lowest BCUT2D eigenvalue weighted by molar-refractivity contribution is 0.0667. The average molecular weight is 339 g/mol. The van der Waals surface area contributed by atoms with Crippen LogP contribution in [0.4, 0.5) is 0 Å². The van der Waals surface area contributed by atoms with Crippen LogP contribution in [-0.2, 0) is 13.0 Å². The molecule has 4 rings (SSSR count). The van der Waals surface area contributed by atoms with E-state index in [0.717, 1.165) is 18.1 Å². The standard InChI is InChI=1S/C17H17N5OS/c1-12-19-20-16-9-21(17(23)15-10-24-11-18-15)8-14(22(12)16)7-13-5-3-2-4-6-13/h2-6,10-11,14H,7-9H2,1H3/t14-/m1/s1. The Hall–Kier alpha value is -2.54. The van der Waals surface area contributed by atoms with Gasteiger partial charge in [0.05, 0.1) is 18.1 Å². The third-order valence-corrected chi connectivity index (χ3v) is 4.90. The molecule has 0 bridgehead atoms. The van der Waals surface area contributed by atoms with Crippen LogP contribution in [0.2, 0.25) is 0 Å². The summed E-state index contributed by atoms with van der Waals surface area (Å²) in [5.74, 6) is 1.69. The van der Waals surface area contributed by atoms with E-state index in [1.165, 1.54) is 16.9 Å². The Kier molecular flexibility index (Phi) is 3.86. The maximum atomic E-state index is 12.7. The number of hydrogen-bond acceptors (Lipinski definition) is 5. The normalized spacial score (nSPS) is 16.9. The van der Waals surface area contributed by atoms with E-state index < -0.39 is 0 Å². The predicted molar refractivity (Wildman–Crippen MR) is 90.8 cm³/mol. The van der Waals surface area contributed by atoms with Crippen molar-refractivity contribution in [1.82, 2.24) is 24.6 Å². The molecule has 1 atom stereocenters. The van der Waals surface area contributed by atoms with Crippen molar-refractivity contribution in [1.29, 1.82) is 0 Å². The van der Waals surface area contributed by atoms with Gasteiger partial charge in [-0.25, -0.2) is 4.98 Å². The van der Waals surface area contributed by atoms with Crippen molar-refractivity contribution in [3.8, 4) is 0 Å². The first-order valence-corrected chi connectivity index (χ1v) is 8.78. The van der Waals surface area contributed by atoms with Crippen molar-refractivity contribution < 1.29 is 4.79 Å². The summed E-state index contributed by atoms with van der Waals surface area (Å²) in [5, 5.41) is 10.3. The molecule has 1 aliphatic rings. The maximum Gasteiger partial charge on any atom is 0.273 e. The minimum Gasteiger partial charge on any atom is -0.328 e. The first-order valence-electron chi connectivity index (χ1n) is 7.84. The number of benzene rings is 1. The summed E-state index contributed by atoms with van der Waals surface area (Å²) in [5.41, 5.74) is 3.43. The molecule has 0 saturated carbocycles. The number of nitrogens with zero attached hydrogens (tertiary/aromatic N) is 5. The first kappa shape index (κ1) is 15.0. The van der Waals surface area contributed by atoms with Crippen LogP contribution in [0.1, 0.15) is 33.7 Å². The molecule has 1 aromatic carbocycles. The smallest absolute Gasteiger partial charge is 0.273 e. The van der Waals surface area contributed by atoms with Gasteiger partial charge in [0.25, 0.3) is 5.91 Å². The highest BCUT2D eigenvalue weighted by Crippen LogP contribution is 2.26. The fourth-order valence-corrected chi connectivity index (χ4v) is 3.77. The van der Waals surface area contributed by atoms with Crippen LogP contribution in [0.3, 0.4) is 0 Å². The van der Waals surface area contributed by atoms with Crippen molar-refractivity contribution in [2.75, 3.05) is 6.54 Å². The van der Waals surface area contributed by atoms with Gasteiger partial charge in [-0.3, -0.25) is 4.79 Å². The van der Waals surface area contributed by atoms with Gasteiger partial charge in [0.2, 0.25) is 0 Å². The second kappa shape index (κ2) is 6.16. The Morgan fingerprint density at radius 3 is 2.88 bits per heavy atom. The van der Waals surface area contributed by atoms with Crippen molar-refractivity contribution in [2.45, 2.75) is 25.9 Å². The van der Waals surface area contributed by atoms with Crippen molar-refractivity contribution >= 4 is 17.2 Å². The minimum absolute atomic E-state index is 0.0405. The molecule has 1 aliphatic heterocycles. The zero-order valence-electron chi connectivity index (χ0n) is 13.3. The van der Waals surface area contributed by atoms with Crippen LogP contribution < -0.4 is 0 Å². The Morgan fingerprint density at radius 1 is 1.29 bits per heavy atom. The highest BCUT2D eigenvalue weighted by atomic mass is 32.1. The molecule has 122 valence electrons. The summed E-state index contributed by atoms with van der Waals surface area (Å²) in [7, 11) is 0. The Labute approximate surface area is 143 Å². The molecule has 3 aromatic rings. The van der Waals surface area contributed by atoms with E-state index >= 15 is 0 Å². The SMILES string of the molecule is Cc1nnc2n1[C@H](Cc1ccccc1)CN(C(=O)c1cscn1)C2. The lowest BCUT2D eigenvalue weighted by atomic mass is 10.0. The Morgan fingerprint density at radius 2 is 2.12 bits per heavy atom. The van der Waals surface area contributed by atoms with E-state index in [1.807, 2.05) is 30.0 Å². The summed E-state index contributed by atoms with van der Waals surface area (Å²) < 4.78 is 2.16. The number of amides is 1. The number of aromatic nitrogens is 4. The lowest BCUT2D eigenvalue weighted by Gasteiger charge is -2.34. The van der Waals surface area contributed by atoms with Gasteiger partial charge >= 0.3 is 0 Å². The van der Waals surface area contributed by atoms with E-state index in [2.05, 4.69) is 31.9 Å². The number of carbonyl (C=O) groups is 1. The molecule has 1 amide bonds. The van der Waals surface area contributed by atoms with Gasteiger partial charge < -0.3 is 9.47 Å². The fourth-order valence-electron chi connectivity index (χ4n) is 3.24. The maximum absolute atomic E-state index is 12.7. The molecule has 7 heteroatoms. The van der Waals surface area contributed by atoms with E-state index in [-0.39, 0.29) is 11.9 Å². The quantitative estimate of drug-likeness (QED) is 0.735. The van der Waals surface area contributed by atoms with Gasteiger partial charge in [-0.15, -0.1) is 21.5 Å². The number of thiazole rings is 1. The van der Waals surface area contributed by atoms with E-state index in [4.69, 9.17) is 0 Å². The van der Waals surface area contributed by atoms with Crippen LogP contribution in [0.5, 0.6) is 0 Å². The van der Waals surface area contributed by atoms with Crippen LogP contribution >= 0.6 is 11.3 Å². The second-order valence-corrected chi connectivity index (χ2v) is 6.66. The summed E-state index contributed by atoms with van der Waals surface area (Å²) in [6.45, 7) is 3.08. The van der Waals surface area contributed by atoms with Crippen LogP contribution in [0.15, 0.2) is 41.2 Å². The highest BCUT2D eigenvalue weighted by molar-refractivity contribution is 7.07. The fraction of sp³-hybridized carbons (Fsp3) is 0.294. The molecule has 0 aliphatic carbocycles. The summed E-state index contributed by atoms with van der Waals surface area (Å²) in [6.07, 6.45) is 0.841. The Balaban J connectivity index is 1.64. The predicted octanol–water partition coefficient (Wildman–Crippen LogP) is 2.48. The van der Waals surface area contributed by atoms with E-state index in [0.29, 0.717) is 18.8 Å². The van der Waals surface area contributed by atoms with Gasteiger partial charge in [-0.1, -0.05) is 30.3 Å². The highest BCUT2D eigenvalue weighted by Gasteiger charge is 2.31. The Bertz CT molecular complexity index is 843. The van der Waals surface area contributed by atoms with Crippen molar-refractivity contribution in [2.24, 2.45) is 0 Å². The molecular weight excluding hydrogens is 322 g/mol. The second-order valence-electron chi connectivity index (χ2n) is 5.94. The molecule has 6 nitrogen and oxygen atoms in total. The zero-order valence-corrected chi connectivity index (χ0v) is 14.1. The summed E-state index contributed by atoms with van der Waals surface area (Å²) in [4.78, 5) is 18.7.